The van der Waals surface area contributed by atoms with Crippen LogP contribution in [0.15, 0.2) is 57.8 Å². The number of carbonyl (C=O) groups is 1. The van der Waals surface area contributed by atoms with Gasteiger partial charge in [-0.25, -0.2) is 9.79 Å². The lowest BCUT2D eigenvalue weighted by Gasteiger charge is -2.02. The molecule has 4 heteroatoms. The molecule has 0 N–H and O–H groups in total. The topological polar surface area (TPSA) is 51.8 Å². The van der Waals surface area contributed by atoms with Gasteiger partial charge in [0.15, 0.2) is 5.70 Å². The molecule has 0 aliphatic carbocycles. The number of rotatable bonds is 5. The van der Waals surface area contributed by atoms with Crippen LogP contribution < -0.4 is 0 Å². The molecule has 0 unspecified atom stereocenters. The van der Waals surface area contributed by atoms with Crippen LogP contribution in [0.4, 0.5) is 0 Å². The quantitative estimate of drug-likeness (QED) is 0.619. The molecule has 2 aromatic rings. The second-order valence-electron chi connectivity index (χ2n) is 5.15. The maximum Gasteiger partial charge on any atom is 0.363 e. The predicted octanol–water partition coefficient (Wildman–Crippen LogP) is 3.97. The lowest BCUT2D eigenvalue weighted by atomic mass is 10.1. The molecular weight excluding hydrogens is 278 g/mol. The van der Waals surface area contributed by atoms with Gasteiger partial charge >= 0.3 is 5.97 Å². The molecule has 0 bridgehead atoms. The third kappa shape index (κ3) is 3.17. The minimum absolute atomic E-state index is 0.250. The number of unbranched alkanes of at least 4 members (excludes halogenated alkanes) is 1. The van der Waals surface area contributed by atoms with Crippen molar-refractivity contribution < 1.29 is 13.9 Å². The molecule has 0 radical (unpaired) electrons. The summed E-state index contributed by atoms with van der Waals surface area (Å²) in [6.07, 6.45) is 6.53. The maximum atomic E-state index is 11.8. The van der Waals surface area contributed by atoms with Gasteiger partial charge in [-0.15, -0.1) is 0 Å². The highest BCUT2D eigenvalue weighted by Gasteiger charge is 2.24. The van der Waals surface area contributed by atoms with Crippen molar-refractivity contribution >= 4 is 17.9 Å². The average Bonchev–Trinajstić information content (AvgIpc) is 3.17. The minimum Gasteiger partial charge on any atom is -0.465 e. The molecule has 4 nitrogen and oxygen atoms in total. The fraction of sp³-hybridized carbons (Fsp3) is 0.222. The van der Waals surface area contributed by atoms with E-state index in [0.29, 0.717) is 11.7 Å². The molecule has 0 atom stereocenters. The van der Waals surface area contributed by atoms with Crippen LogP contribution in [0, 0.1) is 0 Å². The second kappa shape index (κ2) is 6.43. The van der Waals surface area contributed by atoms with Crippen molar-refractivity contribution in [3.8, 4) is 0 Å². The Morgan fingerprint density at radius 3 is 2.68 bits per heavy atom. The molecule has 0 spiro atoms. The summed E-state index contributed by atoms with van der Waals surface area (Å²) in [5, 5.41) is 0. The van der Waals surface area contributed by atoms with E-state index in [-0.39, 0.29) is 5.70 Å². The number of furan rings is 1. The summed E-state index contributed by atoms with van der Waals surface area (Å²) in [6.45, 7) is 2.17. The summed E-state index contributed by atoms with van der Waals surface area (Å²) in [5.41, 5.74) is 2.33. The van der Waals surface area contributed by atoms with Crippen molar-refractivity contribution in [2.75, 3.05) is 0 Å². The van der Waals surface area contributed by atoms with E-state index in [2.05, 4.69) is 24.0 Å². The number of cyclic esters (lactones) is 1. The molecule has 1 aromatic carbocycles. The Labute approximate surface area is 129 Å². The number of hydrogen-bond donors (Lipinski definition) is 0. The molecule has 0 fully saturated rings. The molecular formula is C18H17NO3. The molecule has 1 aliphatic heterocycles. The summed E-state index contributed by atoms with van der Waals surface area (Å²) in [5.74, 6) is 0.457. The van der Waals surface area contributed by atoms with Crippen LogP contribution in [-0.2, 0) is 16.0 Å². The second-order valence-corrected chi connectivity index (χ2v) is 5.15. The Kier molecular flexibility index (Phi) is 4.19. The molecule has 0 amide bonds. The number of hydrogen-bond acceptors (Lipinski definition) is 4. The van der Waals surface area contributed by atoms with Crippen LogP contribution in [0.5, 0.6) is 0 Å². The van der Waals surface area contributed by atoms with Gasteiger partial charge in [-0.3, -0.25) is 0 Å². The number of ether oxygens (including phenoxy) is 1. The van der Waals surface area contributed by atoms with E-state index in [9.17, 15) is 4.79 Å². The number of nitrogens with zero attached hydrogens (tertiary/aromatic N) is 1. The molecule has 0 saturated heterocycles. The van der Waals surface area contributed by atoms with Gasteiger partial charge in [-0.2, -0.15) is 0 Å². The Morgan fingerprint density at radius 2 is 2.00 bits per heavy atom. The van der Waals surface area contributed by atoms with Gasteiger partial charge in [-0.1, -0.05) is 25.5 Å². The minimum atomic E-state index is -0.457. The van der Waals surface area contributed by atoms with E-state index in [1.54, 1.807) is 24.5 Å². The van der Waals surface area contributed by atoms with Crippen molar-refractivity contribution in [1.29, 1.82) is 0 Å². The highest BCUT2D eigenvalue weighted by Crippen LogP contribution is 2.19. The smallest absolute Gasteiger partial charge is 0.363 e. The van der Waals surface area contributed by atoms with Crippen molar-refractivity contribution in [2.45, 2.75) is 26.2 Å². The molecule has 112 valence electrons. The van der Waals surface area contributed by atoms with E-state index in [1.807, 2.05) is 12.1 Å². The Balaban J connectivity index is 1.79. The lowest BCUT2D eigenvalue weighted by molar-refractivity contribution is -0.129. The molecule has 0 saturated carbocycles. The SMILES string of the molecule is CCCCc1ccc(C2=N/C(=C/c3ccco3)C(=O)O2)cc1. The van der Waals surface area contributed by atoms with Gasteiger partial charge in [0.1, 0.15) is 5.76 Å². The zero-order chi connectivity index (χ0) is 15.4. The molecule has 2 heterocycles. The maximum absolute atomic E-state index is 11.8. The predicted molar refractivity (Wildman–Crippen MR) is 84.4 cm³/mol. The monoisotopic (exact) mass is 295 g/mol. The van der Waals surface area contributed by atoms with Crippen LogP contribution in [0.2, 0.25) is 0 Å². The third-order valence-electron chi connectivity index (χ3n) is 3.46. The van der Waals surface area contributed by atoms with Crippen LogP contribution >= 0.6 is 0 Å². The van der Waals surface area contributed by atoms with Crippen LogP contribution in [0.1, 0.15) is 36.7 Å². The summed E-state index contributed by atoms with van der Waals surface area (Å²) in [4.78, 5) is 16.1. The molecule has 3 rings (SSSR count). The van der Waals surface area contributed by atoms with Crippen molar-refractivity contribution in [3.05, 3.63) is 65.2 Å². The zero-order valence-electron chi connectivity index (χ0n) is 12.4. The summed E-state index contributed by atoms with van der Waals surface area (Å²) < 4.78 is 10.4. The van der Waals surface area contributed by atoms with Gasteiger partial charge in [0.25, 0.3) is 0 Å². The Morgan fingerprint density at radius 1 is 1.18 bits per heavy atom. The fourth-order valence-corrected chi connectivity index (χ4v) is 2.24. The fourth-order valence-electron chi connectivity index (χ4n) is 2.24. The number of esters is 1. The number of aliphatic imine (C=N–C) groups is 1. The number of aryl methyl sites for hydroxylation is 1. The highest BCUT2D eigenvalue weighted by molar-refractivity contribution is 6.12. The van der Waals surface area contributed by atoms with E-state index in [1.165, 1.54) is 18.4 Å². The van der Waals surface area contributed by atoms with Gasteiger partial charge in [0.05, 0.1) is 6.26 Å². The third-order valence-corrected chi connectivity index (χ3v) is 3.46. The van der Waals surface area contributed by atoms with Gasteiger partial charge in [-0.05, 0) is 42.7 Å². The van der Waals surface area contributed by atoms with Gasteiger partial charge < -0.3 is 9.15 Å². The van der Waals surface area contributed by atoms with Crippen LogP contribution in [0.3, 0.4) is 0 Å². The molecule has 22 heavy (non-hydrogen) atoms. The lowest BCUT2D eigenvalue weighted by Crippen LogP contribution is -2.05. The molecule has 1 aliphatic rings. The summed E-state index contributed by atoms with van der Waals surface area (Å²) in [7, 11) is 0. The van der Waals surface area contributed by atoms with Gasteiger partial charge in [0.2, 0.25) is 5.90 Å². The van der Waals surface area contributed by atoms with Crippen molar-refractivity contribution in [3.63, 3.8) is 0 Å². The first-order valence-corrected chi connectivity index (χ1v) is 7.41. The van der Waals surface area contributed by atoms with E-state index >= 15 is 0 Å². The van der Waals surface area contributed by atoms with Crippen molar-refractivity contribution in [2.24, 2.45) is 4.99 Å². The Bertz CT molecular complexity index is 709. The standard InChI is InChI=1S/C18H17NO3/c1-2-3-5-13-7-9-14(10-8-13)17-19-16(18(20)22-17)12-15-6-4-11-21-15/h4,6-12H,2-3,5H2,1H3/b16-12+. The van der Waals surface area contributed by atoms with E-state index in [0.717, 1.165) is 12.0 Å². The largest absolute Gasteiger partial charge is 0.465 e. The Hall–Kier alpha value is -2.62. The number of benzene rings is 1. The first-order valence-electron chi connectivity index (χ1n) is 7.41. The number of carbonyl (C=O) groups excluding carboxylic acids is 1. The first kappa shape index (κ1) is 14.3. The van der Waals surface area contributed by atoms with Crippen LogP contribution in [-0.4, -0.2) is 11.9 Å². The van der Waals surface area contributed by atoms with Gasteiger partial charge in [0, 0.05) is 11.6 Å². The molecule has 1 aromatic heterocycles. The normalized spacial score (nSPS) is 16.0. The zero-order valence-corrected chi connectivity index (χ0v) is 12.4. The van der Waals surface area contributed by atoms with Crippen molar-refractivity contribution in [1.82, 2.24) is 0 Å². The highest BCUT2D eigenvalue weighted by atomic mass is 16.6. The van der Waals surface area contributed by atoms with Crippen LogP contribution in [0.25, 0.3) is 6.08 Å². The average molecular weight is 295 g/mol. The van der Waals surface area contributed by atoms with E-state index < -0.39 is 5.97 Å². The van der Waals surface area contributed by atoms with E-state index in [4.69, 9.17) is 9.15 Å². The summed E-state index contributed by atoms with van der Waals surface area (Å²) >= 11 is 0. The summed E-state index contributed by atoms with van der Waals surface area (Å²) in [6, 6.07) is 11.5. The first-order chi connectivity index (χ1) is 10.8.